The molecule has 0 spiro atoms. The molecule has 0 radical (unpaired) electrons. The van der Waals surface area contributed by atoms with Gasteiger partial charge in [-0.2, -0.15) is 4.57 Å². The molecule has 1 aliphatic carbocycles. The van der Waals surface area contributed by atoms with Crippen LogP contribution >= 0.6 is 0 Å². The second kappa shape index (κ2) is 5.13. The van der Waals surface area contributed by atoms with Crippen LogP contribution in [0.3, 0.4) is 0 Å². The Morgan fingerprint density at radius 2 is 1.69 bits per heavy atom. The second-order valence-corrected chi connectivity index (χ2v) is 9.82. The lowest BCUT2D eigenvalue weighted by Crippen LogP contribution is -2.66. The number of halogens is 2. The van der Waals surface area contributed by atoms with Crippen molar-refractivity contribution in [2.75, 3.05) is 0 Å². The third-order valence-corrected chi connectivity index (χ3v) is 7.88. The van der Waals surface area contributed by atoms with Crippen LogP contribution < -0.4 is 4.57 Å². The Kier molecular flexibility index (Phi) is 3.27. The summed E-state index contributed by atoms with van der Waals surface area (Å²) in [6.07, 6.45) is 3.91. The van der Waals surface area contributed by atoms with E-state index in [1.807, 2.05) is 44.3 Å². The van der Waals surface area contributed by atoms with Crippen LogP contribution in [0.15, 0.2) is 43.1 Å². The standard InChI is InChI=1S/C26H26F2N/c1-8-26(7)25(5,6)16-9-10-18(27)21-20(16)23-19-15(11-12-29(23)26)22(28)14(2)13-17(19)24(21,3)4/h8-13H,1H2,2-7H3/q+1. The number of aromatic nitrogens is 1. The van der Waals surface area contributed by atoms with E-state index in [-0.39, 0.29) is 17.0 Å². The molecule has 1 unspecified atom stereocenters. The van der Waals surface area contributed by atoms with Crippen LogP contribution in [0.4, 0.5) is 8.78 Å². The highest BCUT2D eigenvalue weighted by atomic mass is 19.1. The molecule has 0 saturated carbocycles. The lowest BCUT2D eigenvalue weighted by Gasteiger charge is -2.46. The highest BCUT2D eigenvalue weighted by molar-refractivity contribution is 6.02. The fraction of sp³-hybridized carbons (Fsp3) is 0.346. The van der Waals surface area contributed by atoms with Gasteiger partial charge in [0.15, 0.2) is 11.7 Å². The predicted molar refractivity (Wildman–Crippen MR) is 113 cm³/mol. The zero-order chi connectivity index (χ0) is 21.1. The van der Waals surface area contributed by atoms with Crippen LogP contribution in [-0.4, -0.2) is 0 Å². The summed E-state index contributed by atoms with van der Waals surface area (Å²) in [4.78, 5) is 0. The van der Waals surface area contributed by atoms with E-state index in [1.165, 1.54) is 0 Å². The van der Waals surface area contributed by atoms with Crippen molar-refractivity contribution in [3.05, 3.63) is 77.0 Å². The average Bonchev–Trinajstić information content (AvgIpc) is 2.66. The van der Waals surface area contributed by atoms with Gasteiger partial charge in [-0.1, -0.05) is 32.6 Å². The lowest BCUT2D eigenvalue weighted by atomic mass is 9.59. The largest absolute Gasteiger partial charge is 0.222 e. The van der Waals surface area contributed by atoms with E-state index in [0.717, 1.165) is 27.8 Å². The zero-order valence-electron chi connectivity index (χ0n) is 17.9. The number of pyridine rings is 1. The Labute approximate surface area is 170 Å². The van der Waals surface area contributed by atoms with Gasteiger partial charge in [0.2, 0.25) is 5.69 Å². The van der Waals surface area contributed by atoms with Crippen molar-refractivity contribution in [3.8, 4) is 11.3 Å². The number of aryl methyl sites for hydroxylation is 1. The van der Waals surface area contributed by atoms with Crippen molar-refractivity contribution < 1.29 is 13.3 Å². The molecule has 2 aromatic carbocycles. The zero-order valence-corrected chi connectivity index (χ0v) is 17.9. The molecule has 1 aromatic heterocycles. The van der Waals surface area contributed by atoms with E-state index in [1.54, 1.807) is 13.0 Å². The maximum atomic E-state index is 15.4. The molecule has 0 N–H and O–H groups in total. The summed E-state index contributed by atoms with van der Waals surface area (Å²) in [6, 6.07) is 7.27. The van der Waals surface area contributed by atoms with E-state index >= 15 is 8.78 Å². The summed E-state index contributed by atoms with van der Waals surface area (Å²) in [5.74, 6) is -0.405. The van der Waals surface area contributed by atoms with Crippen molar-refractivity contribution in [1.29, 1.82) is 0 Å². The quantitative estimate of drug-likeness (QED) is 0.343. The van der Waals surface area contributed by atoms with Gasteiger partial charge in [-0.05, 0) is 49.6 Å². The number of benzene rings is 2. The van der Waals surface area contributed by atoms with Gasteiger partial charge in [0.1, 0.15) is 11.6 Å². The van der Waals surface area contributed by atoms with E-state index in [0.29, 0.717) is 16.5 Å². The lowest BCUT2D eigenvalue weighted by molar-refractivity contribution is -0.750. The minimum absolute atomic E-state index is 0.200. The van der Waals surface area contributed by atoms with Crippen LogP contribution in [0, 0.1) is 18.6 Å². The summed E-state index contributed by atoms with van der Waals surface area (Å²) in [7, 11) is 0. The van der Waals surface area contributed by atoms with Crippen molar-refractivity contribution in [1.82, 2.24) is 0 Å². The Balaban J connectivity index is 2.16. The maximum absolute atomic E-state index is 15.4. The summed E-state index contributed by atoms with van der Waals surface area (Å²) >= 11 is 0. The molecule has 5 rings (SSSR count). The van der Waals surface area contributed by atoms with E-state index in [4.69, 9.17) is 0 Å². The minimum Gasteiger partial charge on any atom is -0.207 e. The van der Waals surface area contributed by atoms with Gasteiger partial charge < -0.3 is 0 Å². The normalized spacial score (nSPS) is 22.6. The smallest absolute Gasteiger partial charge is 0.207 e. The Hall–Kier alpha value is -2.55. The number of hydrogen-bond acceptors (Lipinski definition) is 0. The molecule has 2 aliphatic rings. The molecule has 0 amide bonds. The SMILES string of the molecule is C=CC1(C)[n+]2ccc3c(F)c(C)cc4c3c2-c2c(ccc(F)c2C4(C)C)C1(C)C. The molecular formula is C26H26F2N+. The molecule has 1 nitrogen and oxygen atoms in total. The number of allylic oxidation sites excluding steroid dienone is 1. The fourth-order valence-electron chi connectivity index (χ4n) is 5.72. The topological polar surface area (TPSA) is 3.88 Å². The Morgan fingerprint density at radius 1 is 1.00 bits per heavy atom. The Bertz CT molecular complexity index is 1270. The van der Waals surface area contributed by atoms with E-state index in [2.05, 4.69) is 31.9 Å². The molecule has 3 heteroatoms. The number of nitrogens with zero attached hydrogens (tertiary/aromatic N) is 1. The number of rotatable bonds is 1. The van der Waals surface area contributed by atoms with Gasteiger partial charge in [-0.25, -0.2) is 8.78 Å². The van der Waals surface area contributed by atoms with Gasteiger partial charge >= 0.3 is 0 Å². The van der Waals surface area contributed by atoms with Crippen molar-refractivity contribution in [2.45, 2.75) is 57.9 Å². The summed E-state index contributed by atoms with van der Waals surface area (Å²) in [5, 5.41) is 1.50. The van der Waals surface area contributed by atoms with Gasteiger partial charge in [-0.15, -0.1) is 0 Å². The third kappa shape index (κ3) is 1.83. The summed E-state index contributed by atoms with van der Waals surface area (Å²) in [6.45, 7) is 16.5. The third-order valence-electron chi connectivity index (χ3n) is 7.88. The van der Waals surface area contributed by atoms with Crippen LogP contribution in [0.5, 0.6) is 0 Å². The van der Waals surface area contributed by atoms with Crippen LogP contribution in [0.2, 0.25) is 0 Å². The molecule has 0 bridgehead atoms. The molecular weight excluding hydrogens is 364 g/mol. The second-order valence-electron chi connectivity index (χ2n) is 9.82. The minimum atomic E-state index is -0.573. The van der Waals surface area contributed by atoms with Crippen LogP contribution in [0.25, 0.3) is 22.0 Å². The van der Waals surface area contributed by atoms with Gasteiger partial charge in [0.25, 0.3) is 0 Å². The first-order chi connectivity index (χ1) is 13.5. The van der Waals surface area contributed by atoms with Gasteiger partial charge in [0, 0.05) is 29.4 Å². The van der Waals surface area contributed by atoms with Gasteiger partial charge in [-0.3, -0.25) is 0 Å². The van der Waals surface area contributed by atoms with Crippen molar-refractivity contribution in [3.63, 3.8) is 0 Å². The first-order valence-electron chi connectivity index (χ1n) is 10.1. The summed E-state index contributed by atoms with van der Waals surface area (Å²) < 4.78 is 32.8. The number of hydrogen-bond donors (Lipinski definition) is 0. The van der Waals surface area contributed by atoms with Crippen molar-refractivity contribution in [2.24, 2.45) is 0 Å². The van der Waals surface area contributed by atoms with E-state index < -0.39 is 11.0 Å². The molecule has 3 aromatic rings. The van der Waals surface area contributed by atoms with Crippen molar-refractivity contribution >= 4 is 10.8 Å². The molecule has 0 saturated heterocycles. The maximum Gasteiger partial charge on any atom is 0.222 e. The molecule has 148 valence electrons. The molecule has 1 atom stereocenters. The van der Waals surface area contributed by atoms with Crippen LogP contribution in [-0.2, 0) is 16.4 Å². The predicted octanol–water partition coefficient (Wildman–Crippen LogP) is 6.21. The highest BCUT2D eigenvalue weighted by Gasteiger charge is 2.57. The first-order valence-corrected chi connectivity index (χ1v) is 10.1. The molecule has 1 aliphatic heterocycles. The molecule has 0 fully saturated rings. The van der Waals surface area contributed by atoms with Gasteiger partial charge in [0.05, 0.1) is 16.4 Å². The van der Waals surface area contributed by atoms with E-state index in [9.17, 15) is 0 Å². The molecule has 29 heavy (non-hydrogen) atoms. The summed E-state index contributed by atoms with van der Waals surface area (Å²) in [5.41, 5.74) is 3.84. The Morgan fingerprint density at radius 3 is 2.34 bits per heavy atom. The van der Waals surface area contributed by atoms with Crippen LogP contribution in [0.1, 0.15) is 56.9 Å². The first kappa shape index (κ1) is 18.5. The average molecular weight is 390 g/mol. The monoisotopic (exact) mass is 390 g/mol. The fourth-order valence-corrected chi connectivity index (χ4v) is 5.72. The highest BCUT2D eigenvalue weighted by Crippen LogP contribution is 2.56. The molecule has 2 heterocycles.